The average Bonchev–Trinajstić information content (AvgIpc) is 3.67. The van der Waals surface area contributed by atoms with Crippen molar-refractivity contribution in [2.75, 3.05) is 0 Å². The molecule has 2 aliphatic carbocycles. The quantitative estimate of drug-likeness (QED) is 0.185. The van der Waals surface area contributed by atoms with Crippen molar-refractivity contribution < 1.29 is 25.7 Å². The Bertz CT molecular complexity index is 1690. The maximum absolute atomic E-state index is 5.59. The SMILES string of the molecule is C/[C](c1ccccc1)=[Zr](\[C]1=C(c2ccoc2)C=CC1)[c]1c(C(C)(C)C)ccc2c1Cc1cc(C(C)(C)C)ccc1-2.Cl.Cl. The minimum Gasteiger partial charge on any atom is -0.147 e. The van der Waals surface area contributed by atoms with E-state index in [9.17, 15) is 0 Å². The number of halogens is 2. The fourth-order valence-electron chi connectivity index (χ4n) is 6.48. The van der Waals surface area contributed by atoms with Crippen LogP contribution >= 0.6 is 24.8 Å². The molecule has 0 fully saturated rings. The van der Waals surface area contributed by atoms with E-state index in [2.05, 4.69) is 127 Å². The Hall–Kier alpha value is -2.25. The number of furan rings is 1. The van der Waals surface area contributed by atoms with Crippen LogP contribution in [0, 0.1) is 0 Å². The molecular formula is C38H42Cl2OZr. The van der Waals surface area contributed by atoms with Crippen LogP contribution in [-0.2, 0) is 38.5 Å². The smallest absolute Gasteiger partial charge is 0.147 e. The second-order valence-corrected chi connectivity index (χ2v) is 19.8. The van der Waals surface area contributed by atoms with E-state index in [0.29, 0.717) is 0 Å². The van der Waals surface area contributed by atoms with Crippen LogP contribution in [0.25, 0.3) is 16.7 Å². The molecule has 1 aromatic heterocycles. The molecule has 0 radical (unpaired) electrons. The van der Waals surface area contributed by atoms with Crippen LogP contribution in [0.15, 0.2) is 99.1 Å². The summed E-state index contributed by atoms with van der Waals surface area (Å²) >= 11 is -2.67. The van der Waals surface area contributed by atoms with E-state index in [1.165, 1.54) is 44.5 Å². The second-order valence-electron chi connectivity index (χ2n) is 13.4. The number of benzene rings is 3. The monoisotopic (exact) mass is 674 g/mol. The van der Waals surface area contributed by atoms with Gasteiger partial charge in [-0.2, -0.15) is 0 Å². The third-order valence-corrected chi connectivity index (χ3v) is 16.5. The Balaban J connectivity index is 0.00000202. The second kappa shape index (κ2) is 12.4. The Kier molecular flexibility index (Phi) is 9.64. The molecule has 0 saturated carbocycles. The van der Waals surface area contributed by atoms with Gasteiger partial charge in [0, 0.05) is 0 Å². The van der Waals surface area contributed by atoms with Crippen molar-refractivity contribution in [3.05, 3.63) is 128 Å². The van der Waals surface area contributed by atoms with E-state index in [4.69, 9.17) is 4.42 Å². The van der Waals surface area contributed by atoms with Gasteiger partial charge in [-0.1, -0.05) is 0 Å². The van der Waals surface area contributed by atoms with Crippen LogP contribution in [0.4, 0.5) is 0 Å². The zero-order valence-corrected chi connectivity index (χ0v) is 29.9. The molecule has 0 bridgehead atoms. The molecule has 0 unspecified atom stereocenters. The van der Waals surface area contributed by atoms with Crippen molar-refractivity contribution in [1.29, 1.82) is 0 Å². The largest absolute Gasteiger partial charge is 0.147 e. The molecule has 0 aliphatic heterocycles. The van der Waals surface area contributed by atoms with Gasteiger partial charge in [-0.25, -0.2) is 0 Å². The van der Waals surface area contributed by atoms with Gasteiger partial charge in [0.05, 0.1) is 0 Å². The summed E-state index contributed by atoms with van der Waals surface area (Å²) in [4.78, 5) is 0. The van der Waals surface area contributed by atoms with Crippen molar-refractivity contribution in [3.63, 3.8) is 0 Å². The Morgan fingerprint density at radius 2 is 1.52 bits per heavy atom. The number of hydrogen-bond donors (Lipinski definition) is 0. The topological polar surface area (TPSA) is 13.1 Å². The van der Waals surface area contributed by atoms with E-state index in [0.717, 1.165) is 12.8 Å². The van der Waals surface area contributed by atoms with Crippen molar-refractivity contribution in [1.82, 2.24) is 0 Å². The van der Waals surface area contributed by atoms with Crippen molar-refractivity contribution in [2.24, 2.45) is 0 Å². The van der Waals surface area contributed by atoms with Crippen LogP contribution < -0.4 is 3.27 Å². The normalized spacial score (nSPS) is 14.6. The number of rotatable bonds is 4. The van der Waals surface area contributed by atoms with Crippen molar-refractivity contribution >= 4 is 36.9 Å². The van der Waals surface area contributed by atoms with E-state index in [1.807, 2.05) is 12.5 Å². The van der Waals surface area contributed by atoms with E-state index >= 15 is 0 Å². The number of fused-ring (bicyclic) bond motifs is 3. The molecule has 1 nitrogen and oxygen atoms in total. The van der Waals surface area contributed by atoms with Crippen molar-refractivity contribution in [2.45, 2.75) is 72.1 Å². The van der Waals surface area contributed by atoms with Gasteiger partial charge in [-0.05, 0) is 0 Å². The molecule has 42 heavy (non-hydrogen) atoms. The third kappa shape index (κ3) is 5.93. The van der Waals surface area contributed by atoms with E-state index in [1.54, 1.807) is 15.3 Å². The number of hydrogen-bond acceptors (Lipinski definition) is 1. The summed E-state index contributed by atoms with van der Waals surface area (Å²) in [5, 5.41) is 0. The third-order valence-electron chi connectivity index (χ3n) is 8.65. The summed E-state index contributed by atoms with van der Waals surface area (Å²) in [6.07, 6.45) is 10.5. The molecule has 0 spiro atoms. The summed E-state index contributed by atoms with van der Waals surface area (Å²) in [7, 11) is 0. The summed E-state index contributed by atoms with van der Waals surface area (Å²) in [5.41, 5.74) is 13.1. The molecule has 0 amide bonds. The number of allylic oxidation sites excluding steroid dienone is 4. The average molecular weight is 677 g/mol. The standard InChI is InChI=1S/C21H25.C9H7O.C8H8.2ClH.Zr/c1-20(2,3)16-7-9-18-14(12-16)11-15-13-17(21(4,5)6)8-10-19(15)18;1-2-4-8(3-1)9-5-6-10-7-9;1-2-8-6-4-3-5-7-8;;;/h7-10,12H,11H2,1-6H3;1,3,5-7H,2H2;3-7H,1H3;2*1H;. The summed E-state index contributed by atoms with van der Waals surface area (Å²) in [6.45, 7) is 16.6. The first-order valence-corrected chi connectivity index (χ1v) is 18.2. The minimum atomic E-state index is -2.67. The predicted molar refractivity (Wildman–Crippen MR) is 182 cm³/mol. The first-order chi connectivity index (χ1) is 19.0. The van der Waals surface area contributed by atoms with Crippen LogP contribution in [0.3, 0.4) is 0 Å². The molecule has 0 atom stereocenters. The Morgan fingerprint density at radius 1 is 0.810 bits per heavy atom. The van der Waals surface area contributed by atoms with Crippen molar-refractivity contribution in [3.8, 4) is 11.1 Å². The molecular weight excluding hydrogens is 635 g/mol. The van der Waals surface area contributed by atoms with E-state index in [-0.39, 0.29) is 35.6 Å². The molecule has 4 aromatic rings. The summed E-state index contributed by atoms with van der Waals surface area (Å²) < 4.78 is 10.5. The summed E-state index contributed by atoms with van der Waals surface area (Å²) in [6, 6.07) is 25.4. The van der Waals surface area contributed by atoms with Crippen LogP contribution in [0.1, 0.15) is 88.3 Å². The zero-order chi connectivity index (χ0) is 28.2. The Morgan fingerprint density at radius 3 is 2.17 bits per heavy atom. The molecule has 0 N–H and O–H groups in total. The summed E-state index contributed by atoms with van der Waals surface area (Å²) in [5.74, 6) is 0. The van der Waals surface area contributed by atoms with Gasteiger partial charge in [0.25, 0.3) is 0 Å². The Labute approximate surface area is 272 Å². The van der Waals surface area contributed by atoms with Gasteiger partial charge in [-0.15, -0.1) is 24.8 Å². The molecule has 3 aromatic carbocycles. The van der Waals surface area contributed by atoms with Gasteiger partial charge in [0.1, 0.15) is 0 Å². The molecule has 218 valence electrons. The molecule has 2 aliphatic rings. The molecule has 4 heteroatoms. The molecule has 1 heterocycles. The first-order valence-electron chi connectivity index (χ1n) is 14.5. The fraction of sp³-hybridized carbons (Fsp3) is 0.289. The molecule has 6 rings (SSSR count). The van der Waals surface area contributed by atoms with Gasteiger partial charge in [0.2, 0.25) is 0 Å². The fourth-order valence-corrected chi connectivity index (χ4v) is 15.5. The van der Waals surface area contributed by atoms with Crippen LogP contribution in [0.5, 0.6) is 0 Å². The van der Waals surface area contributed by atoms with E-state index < -0.39 is 21.3 Å². The zero-order valence-electron chi connectivity index (χ0n) is 25.8. The van der Waals surface area contributed by atoms with Crippen LogP contribution in [-0.4, -0.2) is 3.21 Å². The molecule has 0 saturated heterocycles. The predicted octanol–water partition coefficient (Wildman–Crippen LogP) is 10.1. The van der Waals surface area contributed by atoms with Gasteiger partial charge >= 0.3 is 249 Å². The van der Waals surface area contributed by atoms with Gasteiger partial charge < -0.3 is 0 Å². The van der Waals surface area contributed by atoms with Gasteiger partial charge in [-0.3, -0.25) is 0 Å². The minimum absolute atomic E-state index is 0. The maximum atomic E-state index is 5.59. The van der Waals surface area contributed by atoms with Crippen LogP contribution in [0.2, 0.25) is 0 Å². The first kappa shape index (κ1) is 32.7. The van der Waals surface area contributed by atoms with Gasteiger partial charge in [0.15, 0.2) is 0 Å². The maximum Gasteiger partial charge on any atom is -0.147 e.